The van der Waals surface area contributed by atoms with Crippen LogP contribution in [-0.4, -0.2) is 11.1 Å². The molecule has 0 atom stereocenters. The van der Waals surface area contributed by atoms with E-state index in [2.05, 4.69) is 5.32 Å². The number of rotatable bonds is 1. The summed E-state index contributed by atoms with van der Waals surface area (Å²) in [5, 5.41) is 12.1. The lowest BCUT2D eigenvalue weighted by molar-refractivity contribution is -0.893. The van der Waals surface area contributed by atoms with Crippen molar-refractivity contribution in [3.63, 3.8) is 0 Å². The molecule has 1 aromatic heterocycles. The Balaban J connectivity index is 2.90. The predicted octanol–water partition coefficient (Wildman–Crippen LogP) is 1.50. The van der Waals surface area contributed by atoms with Crippen LogP contribution in [0.2, 0.25) is 0 Å². The molecule has 15 heavy (non-hydrogen) atoms. The fraction of sp³-hybridized carbons (Fsp3) is 0.455. The van der Waals surface area contributed by atoms with Gasteiger partial charge in [0, 0.05) is 6.07 Å². The van der Waals surface area contributed by atoms with Crippen molar-refractivity contribution in [2.24, 2.45) is 5.41 Å². The zero-order chi connectivity index (χ0) is 11.6. The van der Waals surface area contributed by atoms with Gasteiger partial charge in [0.15, 0.2) is 0 Å². The molecule has 0 aliphatic rings. The molecule has 0 aliphatic heterocycles. The molecule has 0 spiro atoms. The highest BCUT2D eigenvalue weighted by Crippen LogP contribution is 2.15. The van der Waals surface area contributed by atoms with E-state index in [-0.39, 0.29) is 5.91 Å². The first kappa shape index (κ1) is 11.5. The molecule has 4 heteroatoms. The molecule has 0 saturated heterocycles. The molecule has 0 saturated carbocycles. The Kier molecular flexibility index (Phi) is 2.98. The van der Waals surface area contributed by atoms with Gasteiger partial charge in [0.05, 0.1) is 5.41 Å². The number of nitrogens with zero attached hydrogens (tertiary/aromatic N) is 1. The molecule has 0 fully saturated rings. The maximum absolute atomic E-state index is 11.7. The zero-order valence-corrected chi connectivity index (χ0v) is 9.53. The van der Waals surface area contributed by atoms with E-state index < -0.39 is 5.41 Å². The molecule has 1 heterocycles. The van der Waals surface area contributed by atoms with Gasteiger partial charge in [0.25, 0.3) is 0 Å². The predicted molar refractivity (Wildman–Crippen MR) is 56.6 cm³/mol. The SMILES string of the molecule is Cc1cc[n+](O)c(NC(=O)C(C)(C)C)c1. The number of anilines is 1. The number of carbonyl (C=O) groups excluding carboxylic acids is 1. The fourth-order valence-corrected chi connectivity index (χ4v) is 0.996. The normalized spacial score (nSPS) is 11.2. The number of carbonyl (C=O) groups is 1. The smallest absolute Gasteiger partial charge is 0.321 e. The van der Waals surface area contributed by atoms with Gasteiger partial charge >= 0.3 is 11.7 Å². The second-order valence-corrected chi connectivity index (χ2v) is 4.64. The number of aryl methyl sites for hydroxylation is 1. The van der Waals surface area contributed by atoms with Crippen LogP contribution in [0, 0.1) is 12.3 Å². The molecule has 4 nitrogen and oxygen atoms in total. The van der Waals surface area contributed by atoms with Crippen molar-refractivity contribution < 1.29 is 14.7 Å². The quantitative estimate of drug-likeness (QED) is 0.544. The second kappa shape index (κ2) is 3.88. The van der Waals surface area contributed by atoms with E-state index in [1.54, 1.807) is 12.1 Å². The van der Waals surface area contributed by atoms with Crippen molar-refractivity contribution >= 4 is 11.7 Å². The summed E-state index contributed by atoms with van der Waals surface area (Å²) in [5.74, 6) is 0.255. The van der Waals surface area contributed by atoms with Gasteiger partial charge in [0.2, 0.25) is 0 Å². The minimum Gasteiger partial charge on any atom is -0.350 e. The molecule has 0 unspecified atom stereocenters. The number of nitrogens with one attached hydrogen (secondary N) is 1. The molecular weight excluding hydrogens is 192 g/mol. The van der Waals surface area contributed by atoms with Gasteiger partial charge in [-0.15, -0.1) is 0 Å². The van der Waals surface area contributed by atoms with E-state index in [9.17, 15) is 10.0 Å². The topological polar surface area (TPSA) is 53.2 Å². The number of pyridine rings is 1. The number of amides is 1. The van der Waals surface area contributed by atoms with Crippen molar-refractivity contribution in [2.45, 2.75) is 27.7 Å². The number of aromatic nitrogens is 1. The van der Waals surface area contributed by atoms with Crippen LogP contribution in [0.15, 0.2) is 18.3 Å². The van der Waals surface area contributed by atoms with Crippen molar-refractivity contribution in [3.05, 3.63) is 23.9 Å². The third-order valence-corrected chi connectivity index (χ3v) is 2.01. The average Bonchev–Trinajstić information content (AvgIpc) is 2.09. The number of hydrogen-bond donors (Lipinski definition) is 2. The molecule has 1 aromatic rings. The monoisotopic (exact) mass is 209 g/mol. The summed E-state index contributed by atoms with van der Waals surface area (Å²) in [6.07, 6.45) is 1.49. The second-order valence-electron chi connectivity index (χ2n) is 4.64. The van der Waals surface area contributed by atoms with Gasteiger partial charge in [-0.1, -0.05) is 4.73 Å². The lowest BCUT2D eigenvalue weighted by Crippen LogP contribution is -2.38. The van der Waals surface area contributed by atoms with Crippen molar-refractivity contribution in [1.29, 1.82) is 0 Å². The average molecular weight is 209 g/mol. The molecule has 1 amide bonds. The summed E-state index contributed by atoms with van der Waals surface area (Å²) in [5.41, 5.74) is 0.501. The Morgan fingerprint density at radius 1 is 1.47 bits per heavy atom. The summed E-state index contributed by atoms with van der Waals surface area (Å²) in [4.78, 5) is 11.7. The van der Waals surface area contributed by atoms with Crippen LogP contribution in [0.1, 0.15) is 26.3 Å². The van der Waals surface area contributed by atoms with Crippen LogP contribution >= 0.6 is 0 Å². The molecule has 0 aromatic carbocycles. The first-order chi connectivity index (χ1) is 6.80. The van der Waals surface area contributed by atoms with Gasteiger partial charge in [-0.05, 0) is 39.3 Å². The molecule has 0 radical (unpaired) electrons. The van der Waals surface area contributed by atoms with E-state index in [0.29, 0.717) is 5.82 Å². The summed E-state index contributed by atoms with van der Waals surface area (Å²) in [6.45, 7) is 7.35. The Morgan fingerprint density at radius 2 is 2.07 bits per heavy atom. The van der Waals surface area contributed by atoms with Crippen LogP contribution < -0.4 is 10.0 Å². The van der Waals surface area contributed by atoms with Gasteiger partial charge < -0.3 is 5.21 Å². The van der Waals surface area contributed by atoms with Crippen LogP contribution in [0.3, 0.4) is 0 Å². The van der Waals surface area contributed by atoms with Crippen molar-refractivity contribution in [3.8, 4) is 0 Å². The standard InChI is InChI=1S/C11H16N2O2/c1-8-5-6-13(15)9(7-8)12-10(14)11(2,3)4/h5-7,15H,1-4H3/p+1. The molecule has 2 N–H and O–H groups in total. The Hall–Kier alpha value is -1.58. The highest BCUT2D eigenvalue weighted by Gasteiger charge is 2.27. The summed E-state index contributed by atoms with van der Waals surface area (Å²) in [6, 6.07) is 3.47. The van der Waals surface area contributed by atoms with Gasteiger partial charge in [-0.3, -0.25) is 0 Å². The molecule has 0 aliphatic carbocycles. The van der Waals surface area contributed by atoms with E-state index in [4.69, 9.17) is 0 Å². The maximum Gasteiger partial charge on any atom is 0.321 e. The van der Waals surface area contributed by atoms with Crippen LogP contribution in [-0.2, 0) is 4.79 Å². The third-order valence-electron chi connectivity index (χ3n) is 2.01. The minimum atomic E-state index is -0.475. The van der Waals surface area contributed by atoms with Crippen LogP contribution in [0.4, 0.5) is 5.82 Å². The molecule has 1 rings (SSSR count). The number of hydrogen-bond acceptors (Lipinski definition) is 2. The van der Waals surface area contributed by atoms with E-state index in [1.807, 2.05) is 27.7 Å². The Labute approximate surface area is 89.5 Å². The third kappa shape index (κ3) is 2.94. The fourth-order valence-electron chi connectivity index (χ4n) is 0.996. The highest BCUT2D eigenvalue weighted by molar-refractivity contribution is 5.93. The highest BCUT2D eigenvalue weighted by atomic mass is 16.5. The van der Waals surface area contributed by atoms with Crippen LogP contribution in [0.5, 0.6) is 0 Å². The van der Waals surface area contributed by atoms with Gasteiger partial charge in [-0.25, -0.2) is 10.1 Å². The first-order valence-electron chi connectivity index (χ1n) is 4.84. The van der Waals surface area contributed by atoms with Crippen molar-refractivity contribution in [1.82, 2.24) is 0 Å². The maximum atomic E-state index is 11.7. The van der Waals surface area contributed by atoms with Crippen LogP contribution in [0.25, 0.3) is 0 Å². The lowest BCUT2D eigenvalue weighted by atomic mass is 9.96. The Bertz CT molecular complexity index is 381. The minimum absolute atomic E-state index is 0.129. The molecule has 0 bridgehead atoms. The molecule has 82 valence electrons. The summed E-state index contributed by atoms with van der Waals surface area (Å²) >= 11 is 0. The lowest BCUT2D eigenvalue weighted by Gasteiger charge is -2.13. The van der Waals surface area contributed by atoms with E-state index >= 15 is 0 Å². The van der Waals surface area contributed by atoms with E-state index in [0.717, 1.165) is 10.3 Å². The van der Waals surface area contributed by atoms with Crippen molar-refractivity contribution in [2.75, 3.05) is 5.32 Å². The van der Waals surface area contributed by atoms with E-state index in [1.165, 1.54) is 6.20 Å². The zero-order valence-electron chi connectivity index (χ0n) is 9.53. The summed E-state index contributed by atoms with van der Waals surface area (Å²) in [7, 11) is 0. The molecular formula is C11H17N2O2+. The first-order valence-corrected chi connectivity index (χ1v) is 4.84. The van der Waals surface area contributed by atoms with Gasteiger partial charge in [0.1, 0.15) is 6.20 Å². The van der Waals surface area contributed by atoms with Gasteiger partial charge in [-0.2, -0.15) is 0 Å². The largest absolute Gasteiger partial charge is 0.350 e. The Morgan fingerprint density at radius 3 is 2.60 bits per heavy atom. The summed E-state index contributed by atoms with van der Waals surface area (Å²) < 4.78 is 0.899.